The van der Waals surface area contributed by atoms with Gasteiger partial charge in [0.1, 0.15) is 11.9 Å². The zero-order valence-electron chi connectivity index (χ0n) is 11.2. The lowest BCUT2D eigenvalue weighted by atomic mass is 10.1. The van der Waals surface area contributed by atoms with Crippen LogP contribution >= 0.6 is 11.8 Å². The molecule has 0 radical (unpaired) electrons. The molecule has 0 bridgehead atoms. The fourth-order valence-corrected chi connectivity index (χ4v) is 3.71. The molecule has 2 rings (SSSR count). The Morgan fingerprint density at radius 3 is 3.05 bits per heavy atom. The van der Waals surface area contributed by atoms with Crippen LogP contribution in [0.3, 0.4) is 0 Å². The van der Waals surface area contributed by atoms with Gasteiger partial charge in [0.2, 0.25) is 0 Å². The fourth-order valence-electron chi connectivity index (χ4n) is 2.57. The van der Waals surface area contributed by atoms with Crippen LogP contribution in [0.25, 0.3) is 0 Å². The molecule has 0 aromatic heterocycles. The van der Waals surface area contributed by atoms with Crippen molar-refractivity contribution in [1.82, 2.24) is 5.32 Å². The SMILES string of the molecule is CCSC1CCC(NCc2cccc(C#N)c2F)C1. The summed E-state index contributed by atoms with van der Waals surface area (Å²) < 4.78 is 13.9. The van der Waals surface area contributed by atoms with Crippen LogP contribution in [0, 0.1) is 17.1 Å². The molecular formula is C15H19FN2S. The summed E-state index contributed by atoms with van der Waals surface area (Å²) in [4.78, 5) is 0. The highest BCUT2D eigenvalue weighted by Gasteiger charge is 2.24. The molecule has 1 fully saturated rings. The summed E-state index contributed by atoms with van der Waals surface area (Å²) in [6.45, 7) is 2.70. The van der Waals surface area contributed by atoms with Crippen LogP contribution in [0.5, 0.6) is 0 Å². The van der Waals surface area contributed by atoms with Crippen molar-refractivity contribution in [3.8, 4) is 6.07 Å². The third-order valence-electron chi connectivity index (χ3n) is 3.57. The van der Waals surface area contributed by atoms with Gasteiger partial charge in [-0.25, -0.2) is 4.39 Å². The molecule has 102 valence electrons. The Balaban J connectivity index is 1.88. The van der Waals surface area contributed by atoms with Crippen molar-refractivity contribution >= 4 is 11.8 Å². The Morgan fingerprint density at radius 1 is 1.47 bits per heavy atom. The number of thioether (sulfide) groups is 1. The summed E-state index contributed by atoms with van der Waals surface area (Å²) in [5.74, 6) is 0.783. The van der Waals surface area contributed by atoms with Crippen LogP contribution in [-0.2, 0) is 6.54 Å². The molecule has 0 heterocycles. The van der Waals surface area contributed by atoms with Crippen LogP contribution in [-0.4, -0.2) is 17.0 Å². The summed E-state index contributed by atoms with van der Waals surface area (Å²) in [6.07, 6.45) is 3.58. The van der Waals surface area contributed by atoms with Gasteiger partial charge in [0, 0.05) is 23.4 Å². The summed E-state index contributed by atoms with van der Waals surface area (Å²) >= 11 is 2.02. The molecule has 4 heteroatoms. The topological polar surface area (TPSA) is 35.8 Å². The minimum absolute atomic E-state index is 0.130. The second kappa shape index (κ2) is 6.93. The quantitative estimate of drug-likeness (QED) is 0.896. The van der Waals surface area contributed by atoms with Crippen LogP contribution in [0.1, 0.15) is 37.3 Å². The highest BCUT2D eigenvalue weighted by molar-refractivity contribution is 7.99. The van der Waals surface area contributed by atoms with Crippen molar-refractivity contribution in [1.29, 1.82) is 5.26 Å². The van der Waals surface area contributed by atoms with Crippen molar-refractivity contribution < 1.29 is 4.39 Å². The Hall–Kier alpha value is -1.05. The van der Waals surface area contributed by atoms with E-state index in [1.807, 2.05) is 17.8 Å². The van der Waals surface area contributed by atoms with Gasteiger partial charge in [0.15, 0.2) is 0 Å². The lowest BCUT2D eigenvalue weighted by molar-refractivity contribution is 0.509. The standard InChI is InChI=1S/C15H19FN2S/c1-2-19-14-7-6-13(8-14)18-10-12-5-3-4-11(9-17)15(12)16/h3-5,13-14,18H,2,6-8,10H2,1H3. The number of halogens is 1. The van der Waals surface area contributed by atoms with Gasteiger partial charge < -0.3 is 5.32 Å². The van der Waals surface area contributed by atoms with Gasteiger partial charge in [0.05, 0.1) is 5.56 Å². The molecular weight excluding hydrogens is 259 g/mol. The Labute approximate surface area is 118 Å². The first-order chi connectivity index (χ1) is 9.24. The molecule has 19 heavy (non-hydrogen) atoms. The van der Waals surface area contributed by atoms with Gasteiger partial charge in [0.25, 0.3) is 0 Å². The van der Waals surface area contributed by atoms with E-state index in [-0.39, 0.29) is 11.4 Å². The molecule has 0 spiro atoms. The van der Waals surface area contributed by atoms with E-state index in [0.717, 1.165) is 23.8 Å². The smallest absolute Gasteiger partial charge is 0.145 e. The predicted molar refractivity (Wildman–Crippen MR) is 77.5 cm³/mol. The number of benzene rings is 1. The van der Waals surface area contributed by atoms with Gasteiger partial charge in [-0.2, -0.15) is 17.0 Å². The van der Waals surface area contributed by atoms with Crippen molar-refractivity contribution in [3.63, 3.8) is 0 Å². The van der Waals surface area contributed by atoms with E-state index >= 15 is 0 Å². The molecule has 0 aliphatic heterocycles. The second-order valence-electron chi connectivity index (χ2n) is 4.86. The Kier molecular flexibility index (Phi) is 5.24. The average Bonchev–Trinajstić information content (AvgIpc) is 2.86. The normalized spacial score (nSPS) is 22.4. The van der Waals surface area contributed by atoms with E-state index in [1.54, 1.807) is 12.1 Å². The Morgan fingerprint density at radius 2 is 2.32 bits per heavy atom. The van der Waals surface area contributed by atoms with Crippen LogP contribution < -0.4 is 5.32 Å². The van der Waals surface area contributed by atoms with Gasteiger partial charge in [-0.05, 0) is 31.1 Å². The van der Waals surface area contributed by atoms with Crippen LogP contribution in [0.2, 0.25) is 0 Å². The van der Waals surface area contributed by atoms with Crippen molar-refractivity contribution in [2.75, 3.05) is 5.75 Å². The number of hydrogen-bond donors (Lipinski definition) is 1. The molecule has 0 saturated heterocycles. The molecule has 1 aliphatic rings. The molecule has 2 atom stereocenters. The average molecular weight is 278 g/mol. The first-order valence-electron chi connectivity index (χ1n) is 6.77. The maximum Gasteiger partial charge on any atom is 0.145 e. The minimum atomic E-state index is -0.380. The molecule has 1 aromatic carbocycles. The summed E-state index contributed by atoms with van der Waals surface area (Å²) in [6, 6.07) is 7.36. The van der Waals surface area contributed by atoms with Crippen LogP contribution in [0.15, 0.2) is 18.2 Å². The maximum atomic E-state index is 13.9. The fraction of sp³-hybridized carbons (Fsp3) is 0.533. The number of hydrogen-bond acceptors (Lipinski definition) is 3. The lowest BCUT2D eigenvalue weighted by Gasteiger charge is -2.13. The number of rotatable bonds is 5. The van der Waals surface area contributed by atoms with E-state index in [4.69, 9.17) is 5.26 Å². The van der Waals surface area contributed by atoms with Crippen molar-refractivity contribution in [3.05, 3.63) is 35.1 Å². The largest absolute Gasteiger partial charge is 0.310 e. The van der Waals surface area contributed by atoms with E-state index in [0.29, 0.717) is 18.2 Å². The number of nitriles is 1. The summed E-state index contributed by atoms with van der Waals surface area (Å²) in [7, 11) is 0. The predicted octanol–water partition coefficient (Wildman–Crippen LogP) is 3.46. The number of nitrogens with one attached hydrogen (secondary N) is 1. The van der Waals surface area contributed by atoms with Gasteiger partial charge in [-0.3, -0.25) is 0 Å². The Bertz CT molecular complexity index is 470. The third kappa shape index (κ3) is 3.71. The van der Waals surface area contributed by atoms with Crippen molar-refractivity contribution in [2.45, 2.75) is 44.0 Å². The van der Waals surface area contributed by atoms with E-state index in [2.05, 4.69) is 12.2 Å². The molecule has 2 unspecified atom stereocenters. The van der Waals surface area contributed by atoms with Crippen LogP contribution in [0.4, 0.5) is 4.39 Å². The highest BCUT2D eigenvalue weighted by Crippen LogP contribution is 2.29. The second-order valence-corrected chi connectivity index (χ2v) is 6.44. The lowest BCUT2D eigenvalue weighted by Crippen LogP contribution is -2.26. The maximum absolute atomic E-state index is 13.9. The summed E-state index contributed by atoms with van der Waals surface area (Å²) in [5, 5.41) is 13.0. The summed E-state index contributed by atoms with van der Waals surface area (Å²) in [5.41, 5.74) is 0.718. The highest BCUT2D eigenvalue weighted by atomic mass is 32.2. The third-order valence-corrected chi connectivity index (χ3v) is 4.80. The molecule has 1 aromatic rings. The molecule has 2 nitrogen and oxygen atoms in total. The zero-order chi connectivity index (χ0) is 13.7. The van der Waals surface area contributed by atoms with E-state index in [1.165, 1.54) is 12.5 Å². The minimum Gasteiger partial charge on any atom is -0.310 e. The first kappa shape index (κ1) is 14.4. The van der Waals surface area contributed by atoms with Crippen molar-refractivity contribution in [2.24, 2.45) is 0 Å². The first-order valence-corrected chi connectivity index (χ1v) is 7.82. The van der Waals surface area contributed by atoms with E-state index in [9.17, 15) is 4.39 Å². The number of nitrogens with zero attached hydrogens (tertiary/aromatic N) is 1. The van der Waals surface area contributed by atoms with Gasteiger partial charge in [-0.15, -0.1) is 0 Å². The van der Waals surface area contributed by atoms with E-state index < -0.39 is 0 Å². The molecule has 1 N–H and O–H groups in total. The molecule has 0 amide bonds. The molecule has 1 aliphatic carbocycles. The molecule has 1 saturated carbocycles. The zero-order valence-corrected chi connectivity index (χ0v) is 12.0. The van der Waals surface area contributed by atoms with Gasteiger partial charge >= 0.3 is 0 Å². The monoisotopic (exact) mass is 278 g/mol. The van der Waals surface area contributed by atoms with Gasteiger partial charge in [-0.1, -0.05) is 19.1 Å².